The summed E-state index contributed by atoms with van der Waals surface area (Å²) in [4.78, 5) is 0.223. The van der Waals surface area contributed by atoms with Gasteiger partial charge in [0.2, 0.25) is 9.84 Å². The van der Waals surface area contributed by atoms with Crippen LogP contribution < -0.4 is 0 Å². The molecule has 0 radical (unpaired) electrons. The zero-order chi connectivity index (χ0) is 16.4. The Morgan fingerprint density at radius 1 is 0.913 bits per heavy atom. The first-order valence-electron chi connectivity index (χ1n) is 6.36. The van der Waals surface area contributed by atoms with Crippen molar-refractivity contribution in [1.82, 2.24) is 0 Å². The molecule has 112 valence electrons. The molecule has 3 heterocycles. The molecular formula is C16H8N2O2S3. The lowest BCUT2D eigenvalue weighted by Gasteiger charge is -2.16. The van der Waals surface area contributed by atoms with Gasteiger partial charge in [0.05, 0.1) is 9.81 Å². The Morgan fingerprint density at radius 2 is 1.39 bits per heavy atom. The van der Waals surface area contributed by atoms with Gasteiger partial charge in [-0.25, -0.2) is 8.42 Å². The molecule has 0 unspecified atom stereocenters. The van der Waals surface area contributed by atoms with Gasteiger partial charge in [0.1, 0.15) is 17.7 Å². The summed E-state index contributed by atoms with van der Waals surface area (Å²) < 4.78 is 25.9. The number of rotatable bonds is 2. The fourth-order valence-electron chi connectivity index (χ4n) is 2.18. The van der Waals surface area contributed by atoms with Crippen molar-refractivity contribution in [2.24, 2.45) is 0 Å². The van der Waals surface area contributed by atoms with Crippen LogP contribution in [0.15, 0.2) is 57.0 Å². The summed E-state index contributed by atoms with van der Waals surface area (Å²) in [6.07, 6.45) is 2.80. The molecule has 0 aliphatic carbocycles. The van der Waals surface area contributed by atoms with E-state index in [0.717, 1.165) is 0 Å². The molecule has 23 heavy (non-hydrogen) atoms. The summed E-state index contributed by atoms with van der Waals surface area (Å²) >= 11 is 2.77. The highest BCUT2D eigenvalue weighted by molar-refractivity contribution is 8.09. The van der Waals surface area contributed by atoms with Gasteiger partial charge in [-0.1, -0.05) is 0 Å². The van der Waals surface area contributed by atoms with Gasteiger partial charge >= 0.3 is 0 Å². The van der Waals surface area contributed by atoms with Crippen LogP contribution in [0, 0.1) is 22.7 Å². The third-order valence-electron chi connectivity index (χ3n) is 3.28. The van der Waals surface area contributed by atoms with E-state index in [2.05, 4.69) is 0 Å². The average Bonchev–Trinajstić information content (AvgIpc) is 3.22. The Kier molecular flexibility index (Phi) is 4.01. The number of hydrogen-bond acceptors (Lipinski definition) is 6. The molecule has 0 aromatic carbocycles. The number of allylic oxidation sites excluding steroid dienone is 4. The molecule has 1 aliphatic rings. The van der Waals surface area contributed by atoms with Gasteiger partial charge in [0.15, 0.2) is 0 Å². The van der Waals surface area contributed by atoms with Crippen molar-refractivity contribution in [2.75, 3.05) is 0 Å². The fourth-order valence-corrected chi connectivity index (χ4v) is 5.32. The van der Waals surface area contributed by atoms with Crippen molar-refractivity contribution in [3.63, 3.8) is 0 Å². The van der Waals surface area contributed by atoms with Crippen molar-refractivity contribution in [3.05, 3.63) is 68.1 Å². The van der Waals surface area contributed by atoms with E-state index in [1.807, 2.05) is 12.1 Å². The monoisotopic (exact) mass is 356 g/mol. The lowest BCUT2D eigenvalue weighted by Crippen LogP contribution is -2.10. The number of sulfone groups is 1. The predicted octanol–water partition coefficient (Wildman–Crippen LogP) is 3.96. The van der Waals surface area contributed by atoms with Crippen LogP contribution in [0.3, 0.4) is 0 Å². The highest BCUT2D eigenvalue weighted by Crippen LogP contribution is 2.40. The smallest absolute Gasteiger partial charge is 0.207 e. The van der Waals surface area contributed by atoms with Crippen LogP contribution >= 0.6 is 22.7 Å². The van der Waals surface area contributed by atoms with Gasteiger partial charge in [-0.15, -0.1) is 0 Å². The first kappa shape index (κ1) is 15.4. The molecule has 0 N–H and O–H groups in total. The van der Waals surface area contributed by atoms with Gasteiger partial charge in [0, 0.05) is 16.7 Å². The minimum Gasteiger partial charge on any atom is -0.218 e. The molecule has 7 heteroatoms. The van der Waals surface area contributed by atoms with E-state index in [-0.39, 0.29) is 15.4 Å². The minimum atomic E-state index is -3.71. The Morgan fingerprint density at radius 3 is 1.74 bits per heavy atom. The van der Waals surface area contributed by atoms with E-state index in [0.29, 0.717) is 16.7 Å². The molecule has 3 rings (SSSR count). The second-order valence-electron chi connectivity index (χ2n) is 4.60. The molecule has 0 spiro atoms. The Hall–Kier alpha value is -2.45. The summed E-state index contributed by atoms with van der Waals surface area (Å²) in [5, 5.41) is 25.2. The maximum absolute atomic E-state index is 12.9. The zero-order valence-electron chi connectivity index (χ0n) is 11.6. The molecule has 4 nitrogen and oxygen atoms in total. The van der Waals surface area contributed by atoms with Crippen LogP contribution in [0.25, 0.3) is 9.81 Å². The number of hydrogen-bond donors (Lipinski definition) is 0. The van der Waals surface area contributed by atoms with Gasteiger partial charge in [-0.3, -0.25) is 0 Å². The topological polar surface area (TPSA) is 81.7 Å². The van der Waals surface area contributed by atoms with Crippen LogP contribution in [0.2, 0.25) is 0 Å². The zero-order valence-corrected chi connectivity index (χ0v) is 14.0. The van der Waals surface area contributed by atoms with Gasteiger partial charge in [0.25, 0.3) is 0 Å². The highest BCUT2D eigenvalue weighted by Gasteiger charge is 2.31. The van der Waals surface area contributed by atoms with Crippen LogP contribution in [0.1, 0.15) is 11.1 Å². The number of nitriles is 2. The Labute approximate surface area is 141 Å². The summed E-state index contributed by atoms with van der Waals surface area (Å²) in [6, 6.07) is 7.06. The summed E-state index contributed by atoms with van der Waals surface area (Å²) in [6.45, 7) is 0. The molecule has 2 aromatic rings. The standard InChI is InChI=1S/C16H8N2O2S3/c17-7-14(8-18)13-5-15(11-1-3-21-9-11)23(19,20)16(6-13)12-2-4-22-10-12/h1-6,9-10H. The van der Waals surface area contributed by atoms with Crippen LogP contribution in [-0.4, -0.2) is 8.42 Å². The quantitative estimate of drug-likeness (QED) is 0.763. The second-order valence-corrected chi connectivity index (χ2v) is 8.05. The first-order chi connectivity index (χ1) is 11.1. The largest absolute Gasteiger partial charge is 0.218 e. The van der Waals surface area contributed by atoms with E-state index in [1.54, 1.807) is 33.7 Å². The van der Waals surface area contributed by atoms with Crippen LogP contribution in [-0.2, 0) is 9.84 Å². The van der Waals surface area contributed by atoms with E-state index >= 15 is 0 Å². The van der Waals surface area contributed by atoms with E-state index in [1.165, 1.54) is 34.8 Å². The van der Waals surface area contributed by atoms with Crippen molar-refractivity contribution >= 4 is 42.3 Å². The fraction of sp³-hybridized carbons (Fsp3) is 0. The maximum atomic E-state index is 12.9. The lowest BCUT2D eigenvalue weighted by atomic mass is 10.1. The molecule has 0 bridgehead atoms. The van der Waals surface area contributed by atoms with Crippen molar-refractivity contribution in [1.29, 1.82) is 10.5 Å². The summed E-state index contributed by atoms with van der Waals surface area (Å²) in [5.41, 5.74) is 1.32. The third-order valence-corrected chi connectivity index (χ3v) is 6.51. The van der Waals surface area contributed by atoms with Crippen molar-refractivity contribution in [2.45, 2.75) is 0 Å². The molecule has 0 saturated carbocycles. The van der Waals surface area contributed by atoms with E-state index in [9.17, 15) is 8.42 Å². The summed E-state index contributed by atoms with van der Waals surface area (Å²) in [5.74, 6) is 0. The van der Waals surface area contributed by atoms with Gasteiger partial charge in [-0.05, 0) is 45.8 Å². The SMILES string of the molecule is N#CC(C#N)=C1C=C(c2ccsc2)S(=O)(=O)C(c2ccsc2)=C1. The number of thiophene rings is 2. The van der Waals surface area contributed by atoms with Gasteiger partial charge < -0.3 is 0 Å². The van der Waals surface area contributed by atoms with Crippen molar-refractivity contribution in [3.8, 4) is 12.1 Å². The molecule has 0 amide bonds. The second kappa shape index (κ2) is 5.98. The van der Waals surface area contributed by atoms with E-state index in [4.69, 9.17) is 10.5 Å². The molecule has 0 fully saturated rings. The predicted molar refractivity (Wildman–Crippen MR) is 91.8 cm³/mol. The summed E-state index contributed by atoms with van der Waals surface area (Å²) in [7, 11) is -3.71. The highest BCUT2D eigenvalue weighted by atomic mass is 32.2. The molecular weight excluding hydrogens is 348 g/mol. The molecule has 1 aliphatic heterocycles. The van der Waals surface area contributed by atoms with Crippen LogP contribution in [0.5, 0.6) is 0 Å². The number of nitrogens with zero attached hydrogens (tertiary/aromatic N) is 2. The lowest BCUT2D eigenvalue weighted by molar-refractivity contribution is 0.614. The molecule has 0 atom stereocenters. The Balaban J connectivity index is 2.32. The van der Waals surface area contributed by atoms with Gasteiger partial charge in [-0.2, -0.15) is 33.2 Å². The normalized spacial score (nSPS) is 16.0. The third kappa shape index (κ3) is 2.66. The molecule has 2 aromatic heterocycles. The van der Waals surface area contributed by atoms with Crippen LogP contribution in [0.4, 0.5) is 0 Å². The Bertz CT molecular complexity index is 948. The first-order valence-corrected chi connectivity index (χ1v) is 9.73. The minimum absolute atomic E-state index is 0.111. The molecule has 0 saturated heterocycles. The van der Waals surface area contributed by atoms with Crippen molar-refractivity contribution < 1.29 is 8.42 Å². The maximum Gasteiger partial charge on any atom is 0.207 e. The average molecular weight is 356 g/mol. The van der Waals surface area contributed by atoms with E-state index < -0.39 is 9.84 Å².